The Hall–Kier alpha value is -1.62. The Bertz CT molecular complexity index is 511. The summed E-state index contributed by atoms with van der Waals surface area (Å²) in [5, 5.41) is 12.8. The molecule has 2 rings (SSSR count). The molecule has 0 spiro atoms. The number of carbonyl (C=O) groups is 1. The number of hydrogen-bond donors (Lipinski definition) is 2. The number of amides is 1. The molecule has 1 unspecified atom stereocenters. The lowest BCUT2D eigenvalue weighted by atomic mass is 9.92. The van der Waals surface area contributed by atoms with Crippen LogP contribution in [-0.4, -0.2) is 39.7 Å². The van der Waals surface area contributed by atoms with Crippen molar-refractivity contribution in [3.05, 3.63) is 29.6 Å². The van der Waals surface area contributed by atoms with Gasteiger partial charge in [-0.1, -0.05) is 6.07 Å². The van der Waals surface area contributed by atoms with Gasteiger partial charge in [0, 0.05) is 24.3 Å². The third kappa shape index (κ3) is 4.19. The molecule has 0 radical (unpaired) electrons. The molecule has 1 aliphatic carbocycles. The summed E-state index contributed by atoms with van der Waals surface area (Å²) in [6, 6.07) is 4.45. The fourth-order valence-corrected chi connectivity index (χ4v) is 3.04. The zero-order valence-electron chi connectivity index (χ0n) is 13.8. The van der Waals surface area contributed by atoms with E-state index in [-0.39, 0.29) is 5.54 Å². The Labute approximate surface area is 132 Å². The van der Waals surface area contributed by atoms with E-state index in [9.17, 15) is 9.90 Å². The van der Waals surface area contributed by atoms with Crippen molar-refractivity contribution in [2.75, 3.05) is 13.1 Å². The topological polar surface area (TPSA) is 65.5 Å². The molecule has 0 aromatic carbocycles. The highest BCUT2D eigenvalue weighted by atomic mass is 16.4. The number of hydrogen-bond acceptors (Lipinski definition) is 3. The van der Waals surface area contributed by atoms with Crippen LogP contribution in [0.2, 0.25) is 0 Å². The van der Waals surface area contributed by atoms with Crippen LogP contribution in [0.5, 0.6) is 0 Å². The van der Waals surface area contributed by atoms with Crippen molar-refractivity contribution in [3.63, 3.8) is 0 Å². The summed E-state index contributed by atoms with van der Waals surface area (Å²) in [6.45, 7) is 7.13. The van der Waals surface area contributed by atoms with Crippen LogP contribution < -0.4 is 5.32 Å². The molecule has 122 valence electrons. The minimum absolute atomic E-state index is 0.304. The van der Waals surface area contributed by atoms with Crippen molar-refractivity contribution >= 4 is 6.09 Å². The molecule has 1 aromatic rings. The van der Waals surface area contributed by atoms with Crippen LogP contribution in [0.25, 0.3) is 0 Å². The van der Waals surface area contributed by atoms with Crippen LogP contribution in [0.4, 0.5) is 4.79 Å². The molecule has 0 bridgehead atoms. The van der Waals surface area contributed by atoms with Gasteiger partial charge in [0.1, 0.15) is 0 Å². The van der Waals surface area contributed by atoms with Crippen molar-refractivity contribution in [2.45, 2.75) is 58.0 Å². The van der Waals surface area contributed by atoms with E-state index in [1.807, 2.05) is 33.0 Å². The Balaban J connectivity index is 1.84. The summed E-state index contributed by atoms with van der Waals surface area (Å²) in [5.41, 5.74) is 2.15. The van der Waals surface area contributed by atoms with E-state index in [0.717, 1.165) is 25.8 Å². The third-order valence-electron chi connectivity index (χ3n) is 4.18. The summed E-state index contributed by atoms with van der Waals surface area (Å²) in [6.07, 6.45) is 5.20. The number of aromatic nitrogens is 1. The molecule has 0 saturated heterocycles. The fourth-order valence-electron chi connectivity index (χ4n) is 3.04. The number of rotatable bonds is 5. The molecule has 1 aromatic heterocycles. The SMILES string of the molecule is CC(C)(C)N(CCCNC1CCCc2cccnc21)C(=O)O. The van der Waals surface area contributed by atoms with Crippen molar-refractivity contribution in [3.8, 4) is 0 Å². The van der Waals surface area contributed by atoms with Gasteiger partial charge in [-0.3, -0.25) is 4.98 Å². The summed E-state index contributed by atoms with van der Waals surface area (Å²) in [5.74, 6) is 0. The lowest BCUT2D eigenvalue weighted by Crippen LogP contribution is -2.46. The normalized spacial score (nSPS) is 17.9. The van der Waals surface area contributed by atoms with E-state index in [0.29, 0.717) is 12.6 Å². The maximum absolute atomic E-state index is 11.3. The summed E-state index contributed by atoms with van der Waals surface area (Å²) < 4.78 is 0. The van der Waals surface area contributed by atoms with Crippen molar-refractivity contribution in [1.82, 2.24) is 15.2 Å². The van der Waals surface area contributed by atoms with Crippen LogP contribution in [-0.2, 0) is 6.42 Å². The molecule has 1 aliphatic rings. The van der Waals surface area contributed by atoms with Crippen molar-refractivity contribution < 1.29 is 9.90 Å². The predicted molar refractivity (Wildman–Crippen MR) is 87.0 cm³/mol. The third-order valence-corrected chi connectivity index (χ3v) is 4.18. The van der Waals surface area contributed by atoms with Crippen molar-refractivity contribution in [2.24, 2.45) is 0 Å². The molecule has 0 fully saturated rings. The first-order valence-electron chi connectivity index (χ1n) is 8.07. The van der Waals surface area contributed by atoms with Gasteiger partial charge in [-0.25, -0.2) is 4.79 Å². The number of aryl methyl sites for hydroxylation is 1. The second-order valence-corrected chi connectivity index (χ2v) is 6.91. The number of carboxylic acid groups (broad SMARTS) is 1. The quantitative estimate of drug-likeness (QED) is 0.820. The van der Waals surface area contributed by atoms with E-state index in [4.69, 9.17) is 0 Å². The van der Waals surface area contributed by atoms with Crippen LogP contribution >= 0.6 is 0 Å². The maximum Gasteiger partial charge on any atom is 0.407 e. The molecular weight excluding hydrogens is 278 g/mol. The lowest BCUT2D eigenvalue weighted by molar-refractivity contribution is 0.0993. The molecule has 1 heterocycles. The molecule has 22 heavy (non-hydrogen) atoms. The van der Waals surface area contributed by atoms with Crippen LogP contribution in [0.3, 0.4) is 0 Å². The largest absolute Gasteiger partial charge is 0.465 e. The summed E-state index contributed by atoms with van der Waals surface area (Å²) in [4.78, 5) is 17.3. The molecule has 5 heteroatoms. The first kappa shape index (κ1) is 16.7. The molecule has 0 saturated carbocycles. The molecule has 1 amide bonds. The number of nitrogens with one attached hydrogen (secondary N) is 1. The van der Waals surface area contributed by atoms with Gasteiger partial charge in [0.2, 0.25) is 0 Å². The minimum atomic E-state index is -0.850. The van der Waals surface area contributed by atoms with Gasteiger partial charge in [0.25, 0.3) is 0 Å². The van der Waals surface area contributed by atoms with E-state index in [1.54, 1.807) is 0 Å². The summed E-state index contributed by atoms with van der Waals surface area (Å²) in [7, 11) is 0. The molecule has 1 atom stereocenters. The van der Waals surface area contributed by atoms with E-state index >= 15 is 0 Å². The van der Waals surface area contributed by atoms with Crippen LogP contribution in [0.1, 0.15) is 57.3 Å². The average molecular weight is 305 g/mol. The summed E-state index contributed by atoms with van der Waals surface area (Å²) >= 11 is 0. The highest BCUT2D eigenvalue weighted by Crippen LogP contribution is 2.27. The monoisotopic (exact) mass is 305 g/mol. The van der Waals surface area contributed by atoms with Gasteiger partial charge in [-0.15, -0.1) is 0 Å². The zero-order chi connectivity index (χ0) is 16.2. The smallest absolute Gasteiger partial charge is 0.407 e. The first-order chi connectivity index (χ1) is 10.4. The highest BCUT2D eigenvalue weighted by Gasteiger charge is 2.25. The van der Waals surface area contributed by atoms with Gasteiger partial charge in [-0.05, 0) is 64.6 Å². The van der Waals surface area contributed by atoms with E-state index in [2.05, 4.69) is 16.4 Å². The maximum atomic E-state index is 11.3. The van der Waals surface area contributed by atoms with E-state index in [1.165, 1.54) is 22.6 Å². The Morgan fingerprint density at radius 3 is 2.95 bits per heavy atom. The second-order valence-electron chi connectivity index (χ2n) is 6.91. The van der Waals surface area contributed by atoms with Crippen LogP contribution in [0.15, 0.2) is 18.3 Å². The van der Waals surface area contributed by atoms with Gasteiger partial charge in [-0.2, -0.15) is 0 Å². The highest BCUT2D eigenvalue weighted by molar-refractivity contribution is 5.65. The average Bonchev–Trinajstić information content (AvgIpc) is 2.45. The van der Waals surface area contributed by atoms with Gasteiger partial charge in [0.15, 0.2) is 0 Å². The van der Waals surface area contributed by atoms with Crippen LogP contribution in [0, 0.1) is 0 Å². The standard InChI is InChI=1S/C17H27N3O2/c1-17(2,3)20(16(21)22)12-6-11-18-14-9-4-7-13-8-5-10-19-15(13)14/h5,8,10,14,18H,4,6-7,9,11-12H2,1-3H3,(H,21,22). The molecule has 5 nitrogen and oxygen atoms in total. The Morgan fingerprint density at radius 1 is 1.50 bits per heavy atom. The molecule has 2 N–H and O–H groups in total. The fraction of sp³-hybridized carbons (Fsp3) is 0.647. The zero-order valence-corrected chi connectivity index (χ0v) is 13.8. The van der Waals surface area contributed by atoms with Gasteiger partial charge in [0.05, 0.1) is 5.69 Å². The lowest BCUT2D eigenvalue weighted by Gasteiger charge is -2.33. The minimum Gasteiger partial charge on any atom is -0.465 e. The number of fused-ring (bicyclic) bond motifs is 1. The van der Waals surface area contributed by atoms with Crippen molar-refractivity contribution in [1.29, 1.82) is 0 Å². The van der Waals surface area contributed by atoms with E-state index < -0.39 is 6.09 Å². The van der Waals surface area contributed by atoms with Gasteiger partial charge < -0.3 is 15.3 Å². The molecule has 0 aliphatic heterocycles. The first-order valence-corrected chi connectivity index (χ1v) is 8.07. The second kappa shape index (κ2) is 7.09. The van der Waals surface area contributed by atoms with Gasteiger partial charge >= 0.3 is 6.09 Å². The number of pyridine rings is 1. The Morgan fingerprint density at radius 2 is 2.27 bits per heavy atom. The number of nitrogens with zero attached hydrogens (tertiary/aromatic N) is 2. The predicted octanol–water partition coefficient (Wildman–Crippen LogP) is 3.22. The Kier molecular flexibility index (Phi) is 5.40. The molecular formula is C17H27N3O2.